The Morgan fingerprint density at radius 2 is 2.41 bits per heavy atom. The number of nitrogens with zero attached hydrogens (tertiary/aromatic N) is 1. The number of thiophene rings is 1. The first kappa shape index (κ1) is 13.0. The van der Waals surface area contributed by atoms with E-state index >= 15 is 0 Å². The van der Waals surface area contributed by atoms with Crippen molar-refractivity contribution in [2.75, 3.05) is 25.4 Å². The van der Waals surface area contributed by atoms with Crippen LogP contribution in [0, 0.1) is 0 Å². The van der Waals surface area contributed by atoms with Crippen molar-refractivity contribution >= 4 is 21.4 Å². The average molecular weight is 274 g/mol. The van der Waals surface area contributed by atoms with Gasteiger partial charge in [-0.1, -0.05) is 6.07 Å². The van der Waals surface area contributed by atoms with Crippen LogP contribution in [-0.2, 0) is 16.4 Å². The summed E-state index contributed by atoms with van der Waals surface area (Å²) in [5.41, 5.74) is 0. The molecule has 4 nitrogen and oxygen atoms in total. The van der Waals surface area contributed by atoms with Gasteiger partial charge in [0.05, 0.1) is 5.75 Å². The van der Waals surface area contributed by atoms with Gasteiger partial charge in [0.15, 0.2) is 0 Å². The molecule has 96 valence electrons. The van der Waals surface area contributed by atoms with Gasteiger partial charge in [-0.25, -0.2) is 8.42 Å². The van der Waals surface area contributed by atoms with E-state index in [4.69, 9.17) is 0 Å². The first-order valence-corrected chi connectivity index (χ1v) is 8.30. The maximum Gasteiger partial charge on any atom is 0.214 e. The Labute approximate surface area is 107 Å². The van der Waals surface area contributed by atoms with Crippen LogP contribution in [0.1, 0.15) is 11.8 Å². The first-order valence-electron chi connectivity index (χ1n) is 5.81. The molecule has 0 aliphatic carbocycles. The molecule has 1 N–H and O–H groups in total. The van der Waals surface area contributed by atoms with Crippen molar-refractivity contribution in [2.24, 2.45) is 0 Å². The number of piperazine rings is 1. The molecule has 6 heteroatoms. The molecular weight excluding hydrogens is 256 g/mol. The molecule has 1 fully saturated rings. The predicted octanol–water partition coefficient (Wildman–Crippen LogP) is 0.914. The van der Waals surface area contributed by atoms with Crippen molar-refractivity contribution in [3.63, 3.8) is 0 Å². The van der Waals surface area contributed by atoms with E-state index in [1.54, 1.807) is 15.6 Å². The summed E-state index contributed by atoms with van der Waals surface area (Å²) in [6.45, 7) is 3.95. The topological polar surface area (TPSA) is 49.4 Å². The molecule has 0 amide bonds. The zero-order valence-corrected chi connectivity index (χ0v) is 11.6. The van der Waals surface area contributed by atoms with Crippen molar-refractivity contribution in [3.8, 4) is 0 Å². The van der Waals surface area contributed by atoms with Gasteiger partial charge in [-0.2, -0.15) is 4.31 Å². The van der Waals surface area contributed by atoms with Crippen LogP contribution in [0.2, 0.25) is 0 Å². The van der Waals surface area contributed by atoms with E-state index in [-0.39, 0.29) is 11.8 Å². The smallest absolute Gasteiger partial charge is 0.214 e. The Kier molecular flexibility index (Phi) is 4.19. The van der Waals surface area contributed by atoms with Gasteiger partial charge in [0.1, 0.15) is 0 Å². The second kappa shape index (κ2) is 5.48. The molecule has 0 unspecified atom stereocenters. The van der Waals surface area contributed by atoms with Crippen molar-refractivity contribution < 1.29 is 8.42 Å². The predicted molar refractivity (Wildman–Crippen MR) is 70.8 cm³/mol. The van der Waals surface area contributed by atoms with Crippen molar-refractivity contribution in [1.29, 1.82) is 0 Å². The summed E-state index contributed by atoms with van der Waals surface area (Å²) in [4.78, 5) is 1.14. The van der Waals surface area contributed by atoms with Crippen LogP contribution in [0.4, 0.5) is 0 Å². The van der Waals surface area contributed by atoms with Gasteiger partial charge < -0.3 is 5.32 Å². The molecule has 1 aromatic heterocycles. The maximum atomic E-state index is 12.1. The van der Waals surface area contributed by atoms with Gasteiger partial charge in [-0.15, -0.1) is 11.3 Å². The lowest BCUT2D eigenvalue weighted by atomic mass is 10.3. The minimum Gasteiger partial charge on any atom is -0.312 e. The first-order chi connectivity index (χ1) is 8.08. The zero-order valence-electron chi connectivity index (χ0n) is 9.93. The van der Waals surface area contributed by atoms with Gasteiger partial charge in [0.2, 0.25) is 10.0 Å². The van der Waals surface area contributed by atoms with Crippen LogP contribution in [0.3, 0.4) is 0 Å². The highest BCUT2D eigenvalue weighted by atomic mass is 32.2. The minimum absolute atomic E-state index is 0.222. The standard InChI is InChI=1S/C11H18N2O2S2/c1-10-9-13(6-5-12-10)17(14,15)8-4-11-3-2-7-16-11/h2-3,7,10,12H,4-6,8-9H2,1H3/t10-/m1/s1. The second-order valence-electron chi connectivity index (χ2n) is 4.36. The van der Waals surface area contributed by atoms with Crippen molar-refractivity contribution in [2.45, 2.75) is 19.4 Å². The molecule has 0 spiro atoms. The molecule has 0 radical (unpaired) electrons. The lowest BCUT2D eigenvalue weighted by Gasteiger charge is -2.30. The molecule has 0 bridgehead atoms. The fourth-order valence-electron chi connectivity index (χ4n) is 1.96. The Morgan fingerprint density at radius 3 is 3.06 bits per heavy atom. The lowest BCUT2D eigenvalue weighted by Crippen LogP contribution is -2.51. The molecule has 2 heterocycles. The summed E-state index contributed by atoms with van der Waals surface area (Å²) in [7, 11) is -3.09. The zero-order chi connectivity index (χ0) is 12.3. The van der Waals surface area contributed by atoms with Crippen molar-refractivity contribution in [3.05, 3.63) is 22.4 Å². The van der Waals surface area contributed by atoms with E-state index in [1.807, 2.05) is 24.4 Å². The van der Waals surface area contributed by atoms with Gasteiger partial charge >= 0.3 is 0 Å². The number of sulfonamides is 1. The fourth-order valence-corrected chi connectivity index (χ4v) is 4.36. The van der Waals surface area contributed by atoms with E-state index < -0.39 is 10.0 Å². The number of rotatable bonds is 4. The highest BCUT2D eigenvalue weighted by Crippen LogP contribution is 2.13. The fraction of sp³-hybridized carbons (Fsp3) is 0.636. The van der Waals surface area contributed by atoms with Crippen LogP contribution < -0.4 is 5.32 Å². The van der Waals surface area contributed by atoms with Crippen LogP contribution >= 0.6 is 11.3 Å². The molecule has 1 atom stereocenters. The van der Waals surface area contributed by atoms with E-state index in [1.165, 1.54) is 0 Å². The lowest BCUT2D eigenvalue weighted by molar-refractivity contribution is 0.310. The number of hydrogen-bond acceptors (Lipinski definition) is 4. The van der Waals surface area contributed by atoms with Gasteiger partial charge in [-0.3, -0.25) is 0 Å². The largest absolute Gasteiger partial charge is 0.312 e. The highest BCUT2D eigenvalue weighted by Gasteiger charge is 2.26. The second-order valence-corrected chi connectivity index (χ2v) is 7.48. The molecule has 2 rings (SSSR count). The summed E-state index contributed by atoms with van der Waals surface area (Å²) in [5.74, 6) is 0.222. The number of aryl methyl sites for hydroxylation is 1. The summed E-state index contributed by atoms with van der Waals surface area (Å²) in [6, 6.07) is 4.19. The molecule has 1 aliphatic heterocycles. The third kappa shape index (κ3) is 3.51. The van der Waals surface area contributed by atoms with E-state index in [2.05, 4.69) is 5.32 Å². The van der Waals surface area contributed by atoms with Gasteiger partial charge in [0, 0.05) is 30.6 Å². The Morgan fingerprint density at radius 1 is 1.59 bits per heavy atom. The normalized spacial score (nSPS) is 22.8. The summed E-state index contributed by atoms with van der Waals surface area (Å²) in [5, 5.41) is 5.23. The average Bonchev–Trinajstić information content (AvgIpc) is 2.79. The van der Waals surface area contributed by atoms with Gasteiger partial charge in [-0.05, 0) is 24.8 Å². The number of hydrogen-bond donors (Lipinski definition) is 1. The highest BCUT2D eigenvalue weighted by molar-refractivity contribution is 7.89. The summed E-state index contributed by atoms with van der Waals surface area (Å²) < 4.78 is 25.9. The van der Waals surface area contributed by atoms with Crippen molar-refractivity contribution in [1.82, 2.24) is 9.62 Å². The van der Waals surface area contributed by atoms with Crippen LogP contribution in [0.15, 0.2) is 17.5 Å². The molecule has 1 aliphatic rings. The third-order valence-corrected chi connectivity index (χ3v) is 5.69. The van der Waals surface area contributed by atoms with Crippen LogP contribution in [0.25, 0.3) is 0 Å². The van der Waals surface area contributed by atoms with E-state index in [9.17, 15) is 8.42 Å². The SMILES string of the molecule is C[C@@H]1CN(S(=O)(=O)CCc2cccs2)CCN1. The Hall–Kier alpha value is -0.430. The molecule has 17 heavy (non-hydrogen) atoms. The monoisotopic (exact) mass is 274 g/mol. The number of nitrogens with one attached hydrogen (secondary N) is 1. The third-order valence-electron chi connectivity index (χ3n) is 2.91. The van der Waals surface area contributed by atoms with E-state index in [0.29, 0.717) is 19.5 Å². The molecule has 0 saturated carbocycles. The van der Waals surface area contributed by atoms with Crippen LogP contribution in [-0.4, -0.2) is 44.2 Å². The molecule has 1 aromatic rings. The summed E-state index contributed by atoms with van der Waals surface area (Å²) >= 11 is 1.62. The quantitative estimate of drug-likeness (QED) is 0.888. The molecule has 1 saturated heterocycles. The van der Waals surface area contributed by atoms with E-state index in [0.717, 1.165) is 11.4 Å². The minimum atomic E-state index is -3.09. The van der Waals surface area contributed by atoms with Crippen LogP contribution in [0.5, 0.6) is 0 Å². The molecular formula is C11H18N2O2S2. The van der Waals surface area contributed by atoms with Gasteiger partial charge in [0.25, 0.3) is 0 Å². The Balaban J connectivity index is 1.94. The Bertz CT molecular complexity index is 442. The molecule has 0 aromatic carbocycles. The summed E-state index contributed by atoms with van der Waals surface area (Å²) in [6.07, 6.45) is 0.623. The maximum absolute atomic E-state index is 12.1.